The Morgan fingerprint density at radius 3 is 2.62 bits per heavy atom. The van der Waals surface area contributed by atoms with Crippen molar-refractivity contribution in [3.63, 3.8) is 0 Å². The molecule has 16 heavy (non-hydrogen) atoms. The number of alkyl halides is 2. The van der Waals surface area contributed by atoms with Gasteiger partial charge in [-0.15, -0.1) is 0 Å². The van der Waals surface area contributed by atoms with Crippen LogP contribution in [-0.4, -0.2) is 4.57 Å². The molecule has 1 aromatic carbocycles. The summed E-state index contributed by atoms with van der Waals surface area (Å²) in [5.74, 6) is 0. The minimum absolute atomic E-state index is 0.480. The molecule has 0 saturated carbocycles. The van der Waals surface area contributed by atoms with Crippen molar-refractivity contribution in [3.8, 4) is 0 Å². The molecule has 0 atom stereocenters. The van der Waals surface area contributed by atoms with Crippen LogP contribution in [0.2, 0.25) is 0 Å². The molecular formula is C13H13Cl2N. The minimum Gasteiger partial charge on any atom is -0.315 e. The van der Waals surface area contributed by atoms with E-state index in [0.717, 1.165) is 12.8 Å². The van der Waals surface area contributed by atoms with Gasteiger partial charge in [0.1, 0.15) is 0 Å². The Kier molecular flexibility index (Phi) is 2.61. The van der Waals surface area contributed by atoms with Gasteiger partial charge in [0.15, 0.2) is 4.96 Å². The van der Waals surface area contributed by atoms with Gasteiger partial charge in [0.25, 0.3) is 0 Å². The fraction of sp³-hybridized carbons (Fsp3) is 0.385. The first-order valence-corrected chi connectivity index (χ1v) is 6.55. The average Bonchev–Trinajstić information content (AvgIpc) is 2.63. The number of para-hydroxylation sites is 1. The lowest BCUT2D eigenvalue weighted by molar-refractivity contribution is 0.645. The van der Waals surface area contributed by atoms with Crippen molar-refractivity contribution in [2.24, 2.45) is 0 Å². The first-order chi connectivity index (χ1) is 7.79. The highest BCUT2D eigenvalue weighted by Gasteiger charge is 2.21. The zero-order valence-electron chi connectivity index (χ0n) is 8.92. The normalized spacial score (nSPS) is 15.7. The van der Waals surface area contributed by atoms with Crippen LogP contribution in [0.1, 0.15) is 29.1 Å². The summed E-state index contributed by atoms with van der Waals surface area (Å²) >= 11 is 12.2. The molecule has 3 rings (SSSR count). The second-order valence-electron chi connectivity index (χ2n) is 4.30. The molecule has 0 unspecified atom stereocenters. The third kappa shape index (κ3) is 1.46. The number of hydrogen-bond acceptors (Lipinski definition) is 0. The molecule has 1 nitrogen and oxygen atoms in total. The van der Waals surface area contributed by atoms with E-state index in [1.165, 1.54) is 35.0 Å². The number of nitrogens with zero attached hydrogens (tertiary/aromatic N) is 1. The van der Waals surface area contributed by atoms with Gasteiger partial charge >= 0.3 is 0 Å². The monoisotopic (exact) mass is 253 g/mol. The third-order valence-electron chi connectivity index (χ3n) is 3.41. The van der Waals surface area contributed by atoms with E-state index >= 15 is 0 Å². The van der Waals surface area contributed by atoms with Gasteiger partial charge in [-0.1, -0.05) is 41.4 Å². The number of rotatable bonds is 1. The third-order valence-corrected chi connectivity index (χ3v) is 3.80. The SMILES string of the molecule is ClC(Cl)n1c2c(c3ccccc31)CCCC2. The smallest absolute Gasteiger partial charge is 0.183 e. The average molecular weight is 254 g/mol. The fourth-order valence-electron chi connectivity index (χ4n) is 2.75. The van der Waals surface area contributed by atoms with Gasteiger partial charge in [-0.25, -0.2) is 0 Å². The van der Waals surface area contributed by atoms with E-state index in [0.29, 0.717) is 0 Å². The molecule has 1 aliphatic rings. The van der Waals surface area contributed by atoms with Crippen molar-refractivity contribution in [2.45, 2.75) is 30.6 Å². The molecule has 0 aliphatic heterocycles. The van der Waals surface area contributed by atoms with Crippen LogP contribution in [0.3, 0.4) is 0 Å². The molecule has 0 fully saturated rings. The number of aryl methyl sites for hydroxylation is 1. The van der Waals surface area contributed by atoms with Crippen molar-refractivity contribution in [1.29, 1.82) is 0 Å². The fourth-order valence-corrected chi connectivity index (χ4v) is 3.20. The van der Waals surface area contributed by atoms with E-state index in [1.807, 2.05) is 6.07 Å². The number of fused-ring (bicyclic) bond motifs is 3. The van der Waals surface area contributed by atoms with Crippen LogP contribution in [0, 0.1) is 0 Å². The van der Waals surface area contributed by atoms with Crippen LogP contribution in [-0.2, 0) is 12.8 Å². The topological polar surface area (TPSA) is 4.93 Å². The summed E-state index contributed by atoms with van der Waals surface area (Å²) in [6.45, 7) is 0. The van der Waals surface area contributed by atoms with Crippen LogP contribution in [0.25, 0.3) is 10.9 Å². The van der Waals surface area contributed by atoms with Gasteiger partial charge in [-0.3, -0.25) is 0 Å². The molecule has 0 spiro atoms. The first-order valence-electron chi connectivity index (χ1n) is 5.68. The van der Waals surface area contributed by atoms with Crippen molar-refractivity contribution in [2.75, 3.05) is 0 Å². The first kappa shape index (κ1) is 10.5. The van der Waals surface area contributed by atoms with E-state index < -0.39 is 4.96 Å². The second kappa shape index (κ2) is 3.97. The molecule has 1 aliphatic carbocycles. The van der Waals surface area contributed by atoms with Gasteiger partial charge in [0.2, 0.25) is 0 Å². The largest absolute Gasteiger partial charge is 0.315 e. The highest BCUT2D eigenvalue weighted by molar-refractivity contribution is 6.42. The Bertz CT molecular complexity index is 528. The van der Waals surface area contributed by atoms with Crippen molar-refractivity contribution in [3.05, 3.63) is 35.5 Å². The molecule has 0 amide bonds. The van der Waals surface area contributed by atoms with E-state index in [4.69, 9.17) is 23.2 Å². The Labute approximate surface area is 105 Å². The maximum absolute atomic E-state index is 6.09. The second-order valence-corrected chi connectivity index (χ2v) is 5.35. The Morgan fingerprint density at radius 1 is 1.06 bits per heavy atom. The Hall–Kier alpha value is -0.660. The van der Waals surface area contributed by atoms with E-state index in [9.17, 15) is 0 Å². The predicted molar refractivity (Wildman–Crippen MR) is 69.3 cm³/mol. The number of aromatic nitrogens is 1. The molecule has 84 valence electrons. The molecule has 2 aromatic rings. The summed E-state index contributed by atoms with van der Waals surface area (Å²) < 4.78 is 2.08. The maximum Gasteiger partial charge on any atom is 0.183 e. The Balaban J connectivity index is 2.37. The van der Waals surface area contributed by atoms with Gasteiger partial charge < -0.3 is 4.57 Å². The van der Waals surface area contributed by atoms with Gasteiger partial charge in [-0.05, 0) is 37.3 Å². The lowest BCUT2D eigenvalue weighted by atomic mass is 9.96. The van der Waals surface area contributed by atoms with Crippen molar-refractivity contribution in [1.82, 2.24) is 4.57 Å². The lowest BCUT2D eigenvalue weighted by Crippen LogP contribution is -2.07. The molecule has 1 aromatic heterocycles. The van der Waals surface area contributed by atoms with E-state index in [2.05, 4.69) is 22.8 Å². The van der Waals surface area contributed by atoms with Crippen LogP contribution < -0.4 is 0 Å². The molecule has 0 N–H and O–H groups in total. The predicted octanol–water partition coefficient (Wildman–Crippen LogP) is 4.45. The summed E-state index contributed by atoms with van der Waals surface area (Å²) in [5, 5.41) is 1.32. The zero-order valence-corrected chi connectivity index (χ0v) is 10.4. The number of halogens is 2. The van der Waals surface area contributed by atoms with Gasteiger partial charge in [-0.2, -0.15) is 0 Å². The van der Waals surface area contributed by atoms with Crippen LogP contribution in [0.15, 0.2) is 24.3 Å². The van der Waals surface area contributed by atoms with Crippen LogP contribution >= 0.6 is 23.2 Å². The summed E-state index contributed by atoms with van der Waals surface area (Å²) in [4.78, 5) is -0.480. The van der Waals surface area contributed by atoms with Crippen LogP contribution in [0.4, 0.5) is 0 Å². The van der Waals surface area contributed by atoms with E-state index in [-0.39, 0.29) is 0 Å². The highest BCUT2D eigenvalue weighted by Crippen LogP contribution is 2.36. The quantitative estimate of drug-likeness (QED) is 0.662. The standard InChI is InChI=1S/C13H13Cl2N/c14-13(15)16-11-7-3-1-5-9(11)10-6-2-4-8-12(10)16/h1,3,5,7,13H,2,4,6,8H2. The summed E-state index contributed by atoms with van der Waals surface area (Å²) in [5.41, 5.74) is 3.96. The van der Waals surface area contributed by atoms with E-state index in [1.54, 1.807) is 0 Å². The molecule has 3 heteroatoms. The summed E-state index contributed by atoms with van der Waals surface area (Å²) in [6, 6.07) is 8.40. The maximum atomic E-state index is 6.09. The molecule has 0 saturated heterocycles. The Morgan fingerprint density at radius 2 is 1.81 bits per heavy atom. The van der Waals surface area contributed by atoms with Crippen molar-refractivity contribution >= 4 is 34.1 Å². The molecular weight excluding hydrogens is 241 g/mol. The molecule has 0 bridgehead atoms. The molecule has 1 heterocycles. The molecule has 0 radical (unpaired) electrons. The van der Waals surface area contributed by atoms with Gasteiger partial charge in [0, 0.05) is 11.1 Å². The zero-order chi connectivity index (χ0) is 11.1. The number of benzene rings is 1. The van der Waals surface area contributed by atoms with Gasteiger partial charge in [0.05, 0.1) is 5.52 Å². The van der Waals surface area contributed by atoms with Crippen LogP contribution in [0.5, 0.6) is 0 Å². The number of hydrogen-bond donors (Lipinski definition) is 0. The minimum atomic E-state index is -0.480. The summed E-state index contributed by atoms with van der Waals surface area (Å²) in [7, 11) is 0. The lowest BCUT2D eigenvalue weighted by Gasteiger charge is -2.16. The van der Waals surface area contributed by atoms with Crippen molar-refractivity contribution < 1.29 is 0 Å². The summed E-state index contributed by atoms with van der Waals surface area (Å²) in [6.07, 6.45) is 4.77. The highest BCUT2D eigenvalue weighted by atomic mass is 35.5.